The maximum absolute atomic E-state index is 12.2. The van der Waals surface area contributed by atoms with Crippen molar-refractivity contribution < 1.29 is 13.9 Å². The van der Waals surface area contributed by atoms with Crippen molar-refractivity contribution in [3.8, 4) is 11.3 Å². The van der Waals surface area contributed by atoms with E-state index in [0.29, 0.717) is 18.2 Å². The Hall–Kier alpha value is -2.05. The summed E-state index contributed by atoms with van der Waals surface area (Å²) >= 11 is 0. The highest BCUT2D eigenvalue weighted by atomic mass is 35.5. The molecule has 0 aliphatic carbocycles. The molecule has 3 saturated heterocycles. The van der Waals surface area contributed by atoms with Crippen LogP contribution in [0.1, 0.15) is 19.3 Å². The minimum atomic E-state index is -0.469. The van der Waals surface area contributed by atoms with Crippen LogP contribution in [0.5, 0.6) is 0 Å². The lowest BCUT2D eigenvalue weighted by Crippen LogP contribution is -2.50. The van der Waals surface area contributed by atoms with Gasteiger partial charge >= 0.3 is 6.09 Å². The van der Waals surface area contributed by atoms with E-state index in [1.165, 1.54) is 6.39 Å². The monoisotopic (exact) mass is 363 g/mol. The smallest absolute Gasteiger partial charge is 0.412 e. The quantitative estimate of drug-likeness (QED) is 0.894. The number of rotatable bonds is 4. The third kappa shape index (κ3) is 3.80. The van der Waals surface area contributed by atoms with Gasteiger partial charge in [-0.15, -0.1) is 12.4 Å². The van der Waals surface area contributed by atoms with Gasteiger partial charge in [-0.1, -0.05) is 30.3 Å². The van der Waals surface area contributed by atoms with Crippen LogP contribution in [0.4, 0.5) is 10.6 Å². The zero-order valence-corrected chi connectivity index (χ0v) is 14.8. The van der Waals surface area contributed by atoms with Crippen molar-refractivity contribution >= 4 is 24.3 Å². The summed E-state index contributed by atoms with van der Waals surface area (Å²) in [5, 5.41) is 2.71. The van der Waals surface area contributed by atoms with Gasteiger partial charge in [-0.05, 0) is 38.9 Å². The Morgan fingerprint density at radius 2 is 1.88 bits per heavy atom. The van der Waals surface area contributed by atoms with E-state index in [-0.39, 0.29) is 17.8 Å². The second kappa shape index (κ2) is 7.45. The van der Waals surface area contributed by atoms with Crippen LogP contribution in [-0.4, -0.2) is 42.2 Å². The number of nitrogens with one attached hydrogen (secondary N) is 1. The maximum Gasteiger partial charge on any atom is 0.412 e. The highest BCUT2D eigenvalue weighted by Crippen LogP contribution is 2.40. The fraction of sp³-hybridized carbons (Fsp3) is 0.444. The van der Waals surface area contributed by atoms with E-state index in [0.717, 1.165) is 44.5 Å². The number of benzene rings is 1. The van der Waals surface area contributed by atoms with E-state index >= 15 is 0 Å². The molecule has 0 atom stereocenters. The zero-order valence-electron chi connectivity index (χ0n) is 13.9. The van der Waals surface area contributed by atoms with Crippen LogP contribution in [0.15, 0.2) is 41.1 Å². The van der Waals surface area contributed by atoms with Crippen molar-refractivity contribution in [2.24, 2.45) is 5.41 Å². The van der Waals surface area contributed by atoms with Gasteiger partial charge in [-0.2, -0.15) is 4.98 Å². The predicted octanol–water partition coefficient (Wildman–Crippen LogP) is 3.80. The number of carbonyl (C=O) groups excluding carboxylic acids is 1. The summed E-state index contributed by atoms with van der Waals surface area (Å²) in [5.41, 5.74) is 1.03. The summed E-state index contributed by atoms with van der Waals surface area (Å²) in [6.45, 7) is 3.83. The summed E-state index contributed by atoms with van der Waals surface area (Å²) < 4.78 is 10.9. The van der Waals surface area contributed by atoms with Crippen LogP contribution >= 0.6 is 12.4 Å². The summed E-state index contributed by atoms with van der Waals surface area (Å²) in [7, 11) is 0. The predicted molar refractivity (Wildman–Crippen MR) is 96.9 cm³/mol. The van der Waals surface area contributed by atoms with Gasteiger partial charge in [-0.25, -0.2) is 4.79 Å². The molecule has 0 spiro atoms. The van der Waals surface area contributed by atoms with Crippen molar-refractivity contribution in [1.82, 2.24) is 9.88 Å². The van der Waals surface area contributed by atoms with Crippen molar-refractivity contribution in [3.63, 3.8) is 0 Å². The average Bonchev–Trinajstić information content (AvgIpc) is 3.10. The first-order valence-electron chi connectivity index (χ1n) is 8.39. The molecule has 1 amide bonds. The number of hydrogen-bond donors (Lipinski definition) is 1. The molecular formula is C18H22ClN3O3. The van der Waals surface area contributed by atoms with Crippen LogP contribution in [0.2, 0.25) is 0 Å². The lowest BCUT2D eigenvalue weighted by Gasteiger charge is -2.47. The topological polar surface area (TPSA) is 67.6 Å². The third-order valence-corrected chi connectivity index (χ3v) is 5.21. The number of nitrogens with zero attached hydrogens (tertiary/aromatic N) is 2. The van der Waals surface area contributed by atoms with Crippen LogP contribution < -0.4 is 5.32 Å². The molecule has 4 heterocycles. The fourth-order valence-corrected chi connectivity index (χ4v) is 3.59. The largest absolute Gasteiger partial charge is 0.449 e. The van der Waals surface area contributed by atoms with Crippen LogP contribution in [0.25, 0.3) is 11.3 Å². The first-order chi connectivity index (χ1) is 11.7. The highest BCUT2D eigenvalue weighted by molar-refractivity contribution is 5.87. The highest BCUT2D eigenvalue weighted by Gasteiger charge is 2.40. The molecule has 3 fully saturated rings. The van der Waals surface area contributed by atoms with Gasteiger partial charge in [0.2, 0.25) is 0 Å². The van der Waals surface area contributed by atoms with Crippen LogP contribution in [0, 0.1) is 5.41 Å². The summed E-state index contributed by atoms with van der Waals surface area (Å²) in [6, 6.07) is 9.57. The van der Waals surface area contributed by atoms with E-state index in [1.807, 2.05) is 30.3 Å². The molecule has 134 valence electrons. The number of fused-ring (bicyclic) bond motifs is 3. The fourth-order valence-electron chi connectivity index (χ4n) is 3.59. The zero-order chi connectivity index (χ0) is 16.4. The Morgan fingerprint density at radius 3 is 2.56 bits per heavy atom. The minimum absolute atomic E-state index is 0. The Morgan fingerprint density at radius 1 is 1.20 bits per heavy atom. The summed E-state index contributed by atoms with van der Waals surface area (Å²) in [4.78, 5) is 18.7. The SMILES string of the molecule is Cl.O=C(Nc1ncoc1-c1ccccc1)OCC12CCN(CC1)CC2. The molecule has 3 aliphatic rings. The normalized spacial score (nSPS) is 24.4. The van der Waals surface area contributed by atoms with E-state index in [4.69, 9.17) is 9.15 Å². The Bertz CT molecular complexity index is 698. The third-order valence-electron chi connectivity index (χ3n) is 5.21. The second-order valence-electron chi connectivity index (χ2n) is 6.69. The molecule has 0 saturated carbocycles. The molecule has 2 aromatic rings. The van der Waals surface area contributed by atoms with Crippen LogP contribution in [-0.2, 0) is 4.74 Å². The number of anilines is 1. The second-order valence-corrected chi connectivity index (χ2v) is 6.69. The summed E-state index contributed by atoms with van der Waals surface area (Å²) in [6.07, 6.45) is 4.19. The van der Waals surface area contributed by atoms with Crippen molar-refractivity contribution in [3.05, 3.63) is 36.7 Å². The molecule has 0 unspecified atom stereocenters. The molecule has 1 N–H and O–H groups in total. The van der Waals surface area contributed by atoms with Gasteiger partial charge in [0.15, 0.2) is 18.0 Å². The molecule has 5 rings (SSSR count). The lowest BCUT2D eigenvalue weighted by molar-refractivity contribution is -0.0190. The van der Waals surface area contributed by atoms with Gasteiger partial charge < -0.3 is 14.1 Å². The number of amides is 1. The van der Waals surface area contributed by atoms with Gasteiger partial charge in [0.05, 0.1) is 6.61 Å². The van der Waals surface area contributed by atoms with Crippen molar-refractivity contribution in [2.45, 2.75) is 19.3 Å². The molecular weight excluding hydrogens is 342 g/mol. The van der Waals surface area contributed by atoms with Gasteiger partial charge in [0.25, 0.3) is 0 Å². The Balaban J connectivity index is 0.00000182. The first kappa shape index (κ1) is 17.8. The number of aromatic nitrogens is 1. The average molecular weight is 364 g/mol. The number of oxazole rings is 1. The van der Waals surface area contributed by atoms with E-state index in [9.17, 15) is 4.79 Å². The Labute approximate surface area is 153 Å². The van der Waals surface area contributed by atoms with Crippen molar-refractivity contribution in [2.75, 3.05) is 31.6 Å². The van der Waals surface area contributed by atoms with Crippen molar-refractivity contribution in [1.29, 1.82) is 0 Å². The summed E-state index contributed by atoms with van der Waals surface area (Å²) in [5.74, 6) is 0.929. The molecule has 1 aromatic heterocycles. The van der Waals surface area contributed by atoms with E-state index < -0.39 is 6.09 Å². The van der Waals surface area contributed by atoms with E-state index in [1.54, 1.807) is 0 Å². The number of piperidine rings is 3. The number of hydrogen-bond acceptors (Lipinski definition) is 5. The molecule has 7 heteroatoms. The first-order valence-corrected chi connectivity index (χ1v) is 8.39. The molecule has 0 radical (unpaired) electrons. The number of carbonyl (C=O) groups is 1. The van der Waals surface area contributed by atoms with Gasteiger partial charge in [-0.3, -0.25) is 5.32 Å². The molecule has 1 aromatic carbocycles. The number of halogens is 1. The minimum Gasteiger partial charge on any atom is -0.449 e. The van der Waals surface area contributed by atoms with Gasteiger partial charge in [0, 0.05) is 11.0 Å². The maximum atomic E-state index is 12.2. The Kier molecular flexibility index (Phi) is 5.30. The molecule has 6 nitrogen and oxygen atoms in total. The molecule has 2 bridgehead atoms. The van der Waals surface area contributed by atoms with Gasteiger partial charge in [0.1, 0.15) is 0 Å². The van der Waals surface area contributed by atoms with E-state index in [2.05, 4.69) is 15.2 Å². The molecule has 3 aliphatic heterocycles. The number of ether oxygens (including phenoxy) is 1. The standard InChI is InChI=1S/C18H21N3O3.ClH/c22-17(23-12-18-6-9-21(10-7-18)11-8-18)20-16-15(24-13-19-16)14-4-2-1-3-5-14;/h1-5,13H,6-12H2,(H,20,22);1H. The van der Waals surface area contributed by atoms with Crippen LogP contribution in [0.3, 0.4) is 0 Å². The molecule has 25 heavy (non-hydrogen) atoms. The lowest BCUT2D eigenvalue weighted by atomic mass is 9.73.